The molecule has 0 saturated heterocycles. The highest BCUT2D eigenvalue weighted by Gasteiger charge is 2.13. The molecule has 13 heavy (non-hydrogen) atoms. The minimum Gasteiger partial charge on any atom is -0.481 e. The normalized spacial score (nSPS) is 10.1. The van der Waals surface area contributed by atoms with Crippen molar-refractivity contribution in [3.63, 3.8) is 0 Å². The molecule has 0 radical (unpaired) electrons. The first-order chi connectivity index (χ1) is 6.06. The molecule has 1 aromatic rings. The summed E-state index contributed by atoms with van der Waals surface area (Å²) in [4.78, 5) is 0. The zero-order valence-corrected chi connectivity index (χ0v) is 8.09. The van der Waals surface area contributed by atoms with Crippen LogP contribution in [0, 0.1) is 12.3 Å². The minimum atomic E-state index is 0.120. The third-order valence-corrected chi connectivity index (χ3v) is 1.85. The van der Waals surface area contributed by atoms with Crippen molar-refractivity contribution in [3.8, 4) is 5.88 Å². The molecule has 0 unspecified atom stereocenters. The van der Waals surface area contributed by atoms with Crippen LogP contribution in [0.1, 0.15) is 11.3 Å². The van der Waals surface area contributed by atoms with E-state index in [9.17, 15) is 0 Å². The highest BCUT2D eigenvalue weighted by Crippen LogP contribution is 2.20. The highest BCUT2D eigenvalue weighted by molar-refractivity contribution is 5.80. The molecule has 0 saturated carbocycles. The summed E-state index contributed by atoms with van der Waals surface area (Å²) in [5, 5.41) is 11.4. The average Bonchev–Trinajstić information content (AvgIpc) is 2.26. The molecule has 3 N–H and O–H groups in total. The second-order valence-electron chi connectivity index (χ2n) is 2.90. The molecule has 0 atom stereocenters. The standard InChI is InChI=1S/C8H14N4O/c1-5-6(4-7(9)10)8(13-3)12(2)11-5/h4H2,1-3H3,(H3,9,10). The molecule has 1 rings (SSSR count). The first-order valence-electron chi connectivity index (χ1n) is 3.95. The number of amidine groups is 1. The number of aromatic nitrogens is 2. The number of nitrogens with one attached hydrogen (secondary N) is 1. The van der Waals surface area contributed by atoms with Gasteiger partial charge in [-0.2, -0.15) is 5.10 Å². The molecule has 0 amide bonds. The van der Waals surface area contributed by atoms with Crippen molar-refractivity contribution < 1.29 is 4.74 Å². The van der Waals surface area contributed by atoms with Crippen molar-refractivity contribution in [2.45, 2.75) is 13.3 Å². The van der Waals surface area contributed by atoms with Gasteiger partial charge in [-0.25, -0.2) is 4.68 Å². The van der Waals surface area contributed by atoms with Gasteiger partial charge < -0.3 is 10.5 Å². The van der Waals surface area contributed by atoms with E-state index < -0.39 is 0 Å². The van der Waals surface area contributed by atoms with Crippen LogP contribution in [0.3, 0.4) is 0 Å². The number of nitrogens with two attached hydrogens (primary N) is 1. The summed E-state index contributed by atoms with van der Waals surface area (Å²) in [5.41, 5.74) is 7.06. The lowest BCUT2D eigenvalue weighted by Crippen LogP contribution is -2.13. The van der Waals surface area contributed by atoms with E-state index in [1.165, 1.54) is 0 Å². The molecule has 1 aromatic heterocycles. The Kier molecular flexibility index (Phi) is 2.55. The first-order valence-corrected chi connectivity index (χ1v) is 3.95. The minimum absolute atomic E-state index is 0.120. The van der Waals surface area contributed by atoms with Crippen LogP contribution >= 0.6 is 0 Å². The number of nitrogens with zero attached hydrogens (tertiary/aromatic N) is 2. The molecule has 0 bridgehead atoms. The summed E-state index contributed by atoms with van der Waals surface area (Å²) >= 11 is 0. The Balaban J connectivity index is 3.09. The lowest BCUT2D eigenvalue weighted by Gasteiger charge is -2.03. The molecule has 0 aliphatic carbocycles. The van der Waals surface area contributed by atoms with Gasteiger partial charge in [-0.15, -0.1) is 0 Å². The van der Waals surface area contributed by atoms with Gasteiger partial charge >= 0.3 is 0 Å². The van der Waals surface area contributed by atoms with Crippen LogP contribution in [-0.2, 0) is 13.5 Å². The largest absolute Gasteiger partial charge is 0.481 e. The number of methoxy groups -OCH3 is 1. The smallest absolute Gasteiger partial charge is 0.215 e. The zero-order valence-electron chi connectivity index (χ0n) is 8.09. The van der Waals surface area contributed by atoms with Gasteiger partial charge in [0.05, 0.1) is 18.6 Å². The Morgan fingerprint density at radius 3 is 2.77 bits per heavy atom. The maximum atomic E-state index is 7.19. The number of hydrogen-bond acceptors (Lipinski definition) is 3. The van der Waals surface area contributed by atoms with Crippen molar-refractivity contribution >= 4 is 5.84 Å². The van der Waals surface area contributed by atoms with Crippen molar-refractivity contribution in [1.82, 2.24) is 9.78 Å². The lowest BCUT2D eigenvalue weighted by atomic mass is 10.2. The summed E-state index contributed by atoms with van der Waals surface area (Å²) in [6, 6.07) is 0. The van der Waals surface area contributed by atoms with Crippen LogP contribution in [-0.4, -0.2) is 22.7 Å². The topological polar surface area (TPSA) is 76.9 Å². The lowest BCUT2D eigenvalue weighted by molar-refractivity contribution is 0.370. The van der Waals surface area contributed by atoms with Crippen LogP contribution in [0.2, 0.25) is 0 Å². The van der Waals surface area contributed by atoms with E-state index in [1.807, 2.05) is 6.92 Å². The first kappa shape index (κ1) is 9.57. The summed E-state index contributed by atoms with van der Waals surface area (Å²) in [6.07, 6.45) is 0.392. The Labute approximate surface area is 77.0 Å². The molecule has 0 fully saturated rings. The predicted molar refractivity (Wildman–Crippen MR) is 50.1 cm³/mol. The van der Waals surface area contributed by atoms with Gasteiger partial charge in [0.2, 0.25) is 5.88 Å². The van der Waals surface area contributed by atoms with Gasteiger partial charge in [0.1, 0.15) is 0 Å². The Hall–Kier alpha value is -1.52. The summed E-state index contributed by atoms with van der Waals surface area (Å²) < 4.78 is 6.79. The van der Waals surface area contributed by atoms with E-state index in [0.717, 1.165) is 11.3 Å². The number of aryl methyl sites for hydroxylation is 2. The summed E-state index contributed by atoms with van der Waals surface area (Å²) in [6.45, 7) is 1.88. The monoisotopic (exact) mass is 182 g/mol. The van der Waals surface area contributed by atoms with Gasteiger partial charge in [-0.05, 0) is 6.92 Å². The van der Waals surface area contributed by atoms with Gasteiger partial charge in [0.15, 0.2) is 0 Å². The average molecular weight is 182 g/mol. The van der Waals surface area contributed by atoms with Gasteiger partial charge in [-0.1, -0.05) is 0 Å². The molecule has 0 aliphatic heterocycles. The second kappa shape index (κ2) is 3.47. The van der Waals surface area contributed by atoms with Crippen molar-refractivity contribution in [3.05, 3.63) is 11.3 Å². The van der Waals surface area contributed by atoms with Crippen LogP contribution in [0.5, 0.6) is 5.88 Å². The van der Waals surface area contributed by atoms with Gasteiger partial charge in [0.25, 0.3) is 0 Å². The molecule has 5 heteroatoms. The second-order valence-corrected chi connectivity index (χ2v) is 2.90. The van der Waals surface area contributed by atoms with E-state index >= 15 is 0 Å². The van der Waals surface area contributed by atoms with Crippen LogP contribution < -0.4 is 10.5 Å². The molecular weight excluding hydrogens is 168 g/mol. The maximum Gasteiger partial charge on any atom is 0.215 e. The maximum absolute atomic E-state index is 7.19. The SMILES string of the molecule is COc1c(CC(=N)N)c(C)nn1C. The Bertz CT molecular complexity index is 329. The van der Waals surface area contributed by atoms with E-state index in [-0.39, 0.29) is 5.84 Å². The molecule has 0 aromatic carbocycles. The van der Waals surface area contributed by atoms with Gasteiger partial charge in [0, 0.05) is 19.0 Å². The van der Waals surface area contributed by atoms with E-state index in [2.05, 4.69) is 5.10 Å². The molecule has 72 valence electrons. The van der Waals surface area contributed by atoms with Crippen molar-refractivity contribution in [2.24, 2.45) is 12.8 Å². The fourth-order valence-corrected chi connectivity index (χ4v) is 1.33. The quantitative estimate of drug-likeness (QED) is 0.518. The van der Waals surface area contributed by atoms with Crippen LogP contribution in [0.25, 0.3) is 0 Å². The number of ether oxygens (including phenoxy) is 1. The molecule has 0 spiro atoms. The van der Waals surface area contributed by atoms with Crippen LogP contribution in [0.15, 0.2) is 0 Å². The Morgan fingerprint density at radius 1 is 1.69 bits per heavy atom. The third kappa shape index (κ3) is 1.80. The predicted octanol–water partition coefficient (Wildman–Crippen LogP) is 0.216. The fourth-order valence-electron chi connectivity index (χ4n) is 1.33. The molecular formula is C8H14N4O. The van der Waals surface area contributed by atoms with E-state index in [4.69, 9.17) is 15.9 Å². The van der Waals surface area contributed by atoms with E-state index in [0.29, 0.717) is 12.3 Å². The molecule has 0 aliphatic rings. The molecule has 5 nitrogen and oxygen atoms in total. The van der Waals surface area contributed by atoms with E-state index in [1.54, 1.807) is 18.8 Å². The number of hydrogen-bond donors (Lipinski definition) is 2. The fraction of sp³-hybridized carbons (Fsp3) is 0.500. The van der Waals surface area contributed by atoms with Crippen molar-refractivity contribution in [1.29, 1.82) is 5.41 Å². The molecule has 1 heterocycles. The Morgan fingerprint density at radius 2 is 2.31 bits per heavy atom. The summed E-state index contributed by atoms with van der Waals surface area (Å²) in [5.74, 6) is 0.794. The zero-order chi connectivity index (χ0) is 10.0. The number of rotatable bonds is 3. The summed E-state index contributed by atoms with van der Waals surface area (Å²) in [7, 11) is 3.38. The third-order valence-electron chi connectivity index (χ3n) is 1.85. The van der Waals surface area contributed by atoms with Gasteiger partial charge in [-0.3, -0.25) is 5.41 Å². The van der Waals surface area contributed by atoms with Crippen molar-refractivity contribution in [2.75, 3.05) is 7.11 Å². The highest BCUT2D eigenvalue weighted by atomic mass is 16.5. The van der Waals surface area contributed by atoms with Crippen LogP contribution in [0.4, 0.5) is 0 Å².